The quantitative estimate of drug-likeness (QED) is 0.482. The number of hydrogen-bond donors (Lipinski definition) is 2. The normalized spacial score (nSPS) is 9.50. The van der Waals surface area contributed by atoms with Crippen molar-refractivity contribution in [3.05, 3.63) is 28.8 Å². The molecular weight excluding hydrogens is 148 g/mol. The van der Waals surface area contributed by atoms with Crippen LogP contribution in [0.5, 0.6) is 0 Å². The molecule has 0 aliphatic rings. The molecule has 3 heteroatoms. The Labute approximate surface area is 65.0 Å². The zero-order chi connectivity index (χ0) is 7.56. The predicted molar refractivity (Wildman–Crippen MR) is 44.0 cm³/mol. The molecule has 0 saturated heterocycles. The van der Waals surface area contributed by atoms with Crippen LogP contribution >= 0.6 is 11.6 Å². The second kappa shape index (κ2) is 2.90. The molecule has 0 bridgehead atoms. The van der Waals surface area contributed by atoms with E-state index in [0.717, 1.165) is 11.3 Å². The summed E-state index contributed by atoms with van der Waals surface area (Å²) in [4.78, 5) is 0. The summed E-state index contributed by atoms with van der Waals surface area (Å²) in [6.07, 6.45) is 0. The van der Waals surface area contributed by atoms with E-state index in [-0.39, 0.29) is 0 Å². The molecule has 0 saturated carbocycles. The van der Waals surface area contributed by atoms with Crippen LogP contribution in [0.3, 0.4) is 0 Å². The third kappa shape index (κ3) is 1.40. The fourth-order valence-electron chi connectivity index (χ4n) is 0.750. The van der Waals surface area contributed by atoms with Crippen molar-refractivity contribution >= 4 is 17.3 Å². The van der Waals surface area contributed by atoms with Gasteiger partial charge in [-0.1, -0.05) is 17.7 Å². The number of nitrogens with one attached hydrogen (secondary N) is 1. The van der Waals surface area contributed by atoms with Gasteiger partial charge in [-0.2, -0.15) is 0 Å². The molecule has 2 nitrogen and oxygen atoms in total. The summed E-state index contributed by atoms with van der Waals surface area (Å²) in [5, 5.41) is 0.646. The van der Waals surface area contributed by atoms with Crippen LogP contribution in [0.1, 0.15) is 5.56 Å². The molecule has 3 N–H and O–H groups in total. The summed E-state index contributed by atoms with van der Waals surface area (Å²) in [5.41, 5.74) is 4.41. The van der Waals surface area contributed by atoms with Gasteiger partial charge < -0.3 is 5.43 Å². The van der Waals surface area contributed by atoms with Gasteiger partial charge in [0, 0.05) is 0 Å². The maximum Gasteiger partial charge on any atom is 0.0674 e. The summed E-state index contributed by atoms with van der Waals surface area (Å²) < 4.78 is 0. The van der Waals surface area contributed by atoms with Crippen molar-refractivity contribution in [3.63, 3.8) is 0 Å². The minimum atomic E-state index is 0.646. The highest BCUT2D eigenvalue weighted by molar-refractivity contribution is 6.33. The highest BCUT2D eigenvalue weighted by atomic mass is 35.5. The smallest absolute Gasteiger partial charge is 0.0674 e. The minimum Gasteiger partial charge on any atom is -0.323 e. The van der Waals surface area contributed by atoms with Crippen molar-refractivity contribution in [2.24, 2.45) is 5.84 Å². The highest BCUT2D eigenvalue weighted by Gasteiger charge is 1.95. The molecule has 1 rings (SSSR count). The monoisotopic (exact) mass is 156 g/mol. The van der Waals surface area contributed by atoms with Crippen LogP contribution in [0.4, 0.5) is 5.69 Å². The van der Waals surface area contributed by atoms with Gasteiger partial charge in [0.25, 0.3) is 0 Å². The van der Waals surface area contributed by atoms with E-state index in [0.29, 0.717) is 5.02 Å². The average molecular weight is 157 g/mol. The van der Waals surface area contributed by atoms with Crippen LogP contribution in [0, 0.1) is 6.92 Å². The number of benzene rings is 1. The molecule has 0 amide bonds. The zero-order valence-corrected chi connectivity index (χ0v) is 6.44. The van der Waals surface area contributed by atoms with Crippen molar-refractivity contribution in [1.82, 2.24) is 0 Å². The number of aryl methyl sites for hydroxylation is 1. The second-order valence-corrected chi connectivity index (χ2v) is 2.53. The van der Waals surface area contributed by atoms with Crippen molar-refractivity contribution < 1.29 is 0 Å². The van der Waals surface area contributed by atoms with Crippen molar-refractivity contribution in [2.45, 2.75) is 6.92 Å². The van der Waals surface area contributed by atoms with Gasteiger partial charge in [-0.05, 0) is 24.6 Å². The largest absolute Gasteiger partial charge is 0.323 e. The lowest BCUT2D eigenvalue weighted by molar-refractivity contribution is 1.33. The van der Waals surface area contributed by atoms with Gasteiger partial charge in [-0.25, -0.2) is 0 Å². The van der Waals surface area contributed by atoms with E-state index >= 15 is 0 Å². The summed E-state index contributed by atoms with van der Waals surface area (Å²) in [6.45, 7) is 1.98. The lowest BCUT2D eigenvalue weighted by Crippen LogP contribution is -2.07. The van der Waals surface area contributed by atoms with Gasteiger partial charge in [-0.3, -0.25) is 5.84 Å². The second-order valence-electron chi connectivity index (χ2n) is 2.13. The number of nitrogen functional groups attached to an aromatic ring is 1. The van der Waals surface area contributed by atoms with E-state index in [1.54, 1.807) is 0 Å². The maximum atomic E-state index is 5.75. The van der Waals surface area contributed by atoms with Crippen molar-refractivity contribution in [3.8, 4) is 0 Å². The number of anilines is 1. The fraction of sp³-hybridized carbons (Fsp3) is 0.143. The Hall–Kier alpha value is -0.730. The topological polar surface area (TPSA) is 38.0 Å². The van der Waals surface area contributed by atoms with Gasteiger partial charge in [0.1, 0.15) is 0 Å². The fourth-order valence-corrected chi connectivity index (χ4v) is 0.922. The van der Waals surface area contributed by atoms with Crippen LogP contribution in [0.25, 0.3) is 0 Å². The first-order valence-corrected chi connectivity index (χ1v) is 3.34. The van der Waals surface area contributed by atoms with E-state index in [9.17, 15) is 0 Å². The van der Waals surface area contributed by atoms with Crippen LogP contribution in [0.15, 0.2) is 18.2 Å². The molecule has 10 heavy (non-hydrogen) atoms. The van der Waals surface area contributed by atoms with E-state index < -0.39 is 0 Å². The summed E-state index contributed by atoms with van der Waals surface area (Å²) in [6, 6.07) is 5.64. The lowest BCUT2D eigenvalue weighted by atomic mass is 10.2. The first-order valence-electron chi connectivity index (χ1n) is 2.97. The molecule has 0 fully saturated rings. The maximum absolute atomic E-state index is 5.75. The van der Waals surface area contributed by atoms with E-state index in [4.69, 9.17) is 17.4 Å². The van der Waals surface area contributed by atoms with Gasteiger partial charge in [-0.15, -0.1) is 0 Å². The third-order valence-electron chi connectivity index (χ3n) is 1.28. The van der Waals surface area contributed by atoms with Gasteiger partial charge in [0.05, 0.1) is 10.7 Å². The molecular formula is C7H9ClN2. The standard InChI is InChI=1S/C7H9ClN2/c1-5-2-3-6(8)7(4-5)10-9/h2-4,10H,9H2,1H3. The van der Waals surface area contributed by atoms with Gasteiger partial charge in [0.2, 0.25) is 0 Å². The lowest BCUT2D eigenvalue weighted by Gasteiger charge is -2.02. The molecule has 0 aromatic heterocycles. The summed E-state index contributed by atoms with van der Waals surface area (Å²) in [5.74, 6) is 5.19. The number of hydrazine groups is 1. The Morgan fingerprint density at radius 2 is 2.20 bits per heavy atom. The Balaban J connectivity index is 3.09. The van der Waals surface area contributed by atoms with Gasteiger partial charge in [0.15, 0.2) is 0 Å². The van der Waals surface area contributed by atoms with Crippen LogP contribution in [-0.2, 0) is 0 Å². The SMILES string of the molecule is Cc1ccc(Cl)c(NN)c1. The third-order valence-corrected chi connectivity index (χ3v) is 1.61. The van der Waals surface area contributed by atoms with E-state index in [1.807, 2.05) is 25.1 Å². The Morgan fingerprint density at radius 3 is 2.70 bits per heavy atom. The molecule has 0 radical (unpaired) electrons. The van der Waals surface area contributed by atoms with Crippen LogP contribution in [-0.4, -0.2) is 0 Å². The number of nitrogens with two attached hydrogens (primary N) is 1. The number of hydrogen-bond acceptors (Lipinski definition) is 2. The molecule has 54 valence electrons. The van der Waals surface area contributed by atoms with Crippen LogP contribution in [0.2, 0.25) is 5.02 Å². The van der Waals surface area contributed by atoms with E-state index in [1.165, 1.54) is 0 Å². The Kier molecular flexibility index (Phi) is 2.14. The van der Waals surface area contributed by atoms with Crippen molar-refractivity contribution in [1.29, 1.82) is 0 Å². The zero-order valence-electron chi connectivity index (χ0n) is 5.69. The molecule has 1 aromatic carbocycles. The minimum absolute atomic E-state index is 0.646. The predicted octanol–water partition coefficient (Wildman–Crippen LogP) is 1.93. The first kappa shape index (κ1) is 7.38. The summed E-state index contributed by atoms with van der Waals surface area (Å²) in [7, 11) is 0. The first-order chi connectivity index (χ1) is 4.74. The highest BCUT2D eigenvalue weighted by Crippen LogP contribution is 2.20. The molecule has 0 spiro atoms. The van der Waals surface area contributed by atoms with Crippen LogP contribution < -0.4 is 11.3 Å². The molecule has 1 aromatic rings. The Bertz CT molecular complexity index is 235. The summed E-state index contributed by atoms with van der Waals surface area (Å²) >= 11 is 5.75. The molecule has 0 aliphatic carbocycles. The molecule has 0 aliphatic heterocycles. The molecule has 0 atom stereocenters. The Morgan fingerprint density at radius 1 is 1.50 bits per heavy atom. The molecule has 0 heterocycles. The van der Waals surface area contributed by atoms with E-state index in [2.05, 4.69) is 5.43 Å². The number of rotatable bonds is 1. The van der Waals surface area contributed by atoms with Crippen molar-refractivity contribution in [2.75, 3.05) is 5.43 Å². The average Bonchev–Trinajstić information content (AvgIpc) is 1.94. The van der Waals surface area contributed by atoms with Gasteiger partial charge >= 0.3 is 0 Å². The molecule has 0 unspecified atom stereocenters. The number of halogens is 1.